The van der Waals surface area contributed by atoms with Crippen LogP contribution in [0.2, 0.25) is 10.0 Å². The number of benzene rings is 2. The quantitative estimate of drug-likeness (QED) is 0.577. The van der Waals surface area contributed by atoms with Crippen molar-refractivity contribution in [1.82, 2.24) is 5.43 Å². The molecule has 2 rings (SSSR count). The largest absolute Gasteiger partial charge is 0.506 e. The fourth-order valence-corrected chi connectivity index (χ4v) is 2.63. The second-order valence-electron chi connectivity index (χ2n) is 5.60. The average molecular weight is 381 g/mol. The normalized spacial score (nSPS) is 11.1. The molecule has 0 unspecified atom stereocenters. The molecule has 2 N–H and O–H groups in total. The van der Waals surface area contributed by atoms with Gasteiger partial charge in [-0.3, -0.25) is 4.79 Å². The van der Waals surface area contributed by atoms with Gasteiger partial charge in [0.2, 0.25) is 0 Å². The fourth-order valence-electron chi connectivity index (χ4n) is 2.12. The second kappa shape index (κ2) is 8.74. The number of halogens is 2. The summed E-state index contributed by atoms with van der Waals surface area (Å²) >= 11 is 11.7. The van der Waals surface area contributed by atoms with Crippen LogP contribution >= 0.6 is 23.2 Å². The van der Waals surface area contributed by atoms with Crippen LogP contribution in [0, 0.1) is 0 Å². The average Bonchev–Trinajstić information content (AvgIpc) is 2.57. The van der Waals surface area contributed by atoms with E-state index in [-0.39, 0.29) is 23.3 Å². The number of phenols is 1. The van der Waals surface area contributed by atoms with Crippen LogP contribution in [0.25, 0.3) is 0 Å². The molecule has 0 fully saturated rings. The number of nitrogens with zero attached hydrogens (tertiary/aromatic N) is 1. The van der Waals surface area contributed by atoms with Gasteiger partial charge in [-0.2, -0.15) is 5.10 Å². The van der Waals surface area contributed by atoms with Crippen molar-refractivity contribution in [2.24, 2.45) is 5.10 Å². The highest BCUT2D eigenvalue weighted by Gasteiger charge is 2.09. The number of ether oxygens (including phenoxy) is 1. The number of nitrogens with one attached hydrogen (secondary N) is 1. The molecule has 7 heteroatoms. The van der Waals surface area contributed by atoms with Gasteiger partial charge in [0, 0.05) is 10.6 Å². The number of carbonyl (C=O) groups excluding carboxylic acids is 1. The van der Waals surface area contributed by atoms with Crippen LogP contribution in [0.1, 0.15) is 30.9 Å². The highest BCUT2D eigenvalue weighted by molar-refractivity contribution is 6.36. The summed E-state index contributed by atoms with van der Waals surface area (Å²) < 4.78 is 5.55. The lowest BCUT2D eigenvalue weighted by molar-refractivity contribution is -0.123. The lowest BCUT2D eigenvalue weighted by atomic mass is 10.0. The van der Waals surface area contributed by atoms with Gasteiger partial charge in [0.1, 0.15) is 11.5 Å². The minimum Gasteiger partial charge on any atom is -0.506 e. The van der Waals surface area contributed by atoms with Crippen LogP contribution in [-0.2, 0) is 4.79 Å². The van der Waals surface area contributed by atoms with E-state index in [0.29, 0.717) is 16.3 Å². The lowest BCUT2D eigenvalue weighted by Crippen LogP contribution is -2.24. The van der Waals surface area contributed by atoms with E-state index in [0.717, 1.165) is 5.56 Å². The number of amides is 1. The zero-order valence-electron chi connectivity index (χ0n) is 13.8. The molecule has 0 bridgehead atoms. The molecule has 0 heterocycles. The van der Waals surface area contributed by atoms with Crippen molar-refractivity contribution in [2.75, 3.05) is 6.61 Å². The first-order chi connectivity index (χ1) is 11.9. The van der Waals surface area contributed by atoms with Gasteiger partial charge in [-0.05, 0) is 29.7 Å². The van der Waals surface area contributed by atoms with Gasteiger partial charge >= 0.3 is 0 Å². The Morgan fingerprint density at radius 1 is 1.32 bits per heavy atom. The third-order valence-electron chi connectivity index (χ3n) is 3.35. The molecule has 5 nitrogen and oxygen atoms in total. The highest BCUT2D eigenvalue weighted by Crippen LogP contribution is 2.30. The van der Waals surface area contributed by atoms with Crippen LogP contribution in [0.3, 0.4) is 0 Å². The Labute approximate surface area is 156 Å². The second-order valence-corrected chi connectivity index (χ2v) is 6.44. The third-order valence-corrected chi connectivity index (χ3v) is 3.86. The molecule has 0 aliphatic carbocycles. The summed E-state index contributed by atoms with van der Waals surface area (Å²) in [6.07, 6.45) is 1.26. The van der Waals surface area contributed by atoms with Crippen LogP contribution in [-0.4, -0.2) is 23.8 Å². The van der Waals surface area contributed by atoms with E-state index >= 15 is 0 Å². The van der Waals surface area contributed by atoms with Crippen molar-refractivity contribution in [2.45, 2.75) is 19.8 Å². The SMILES string of the molecule is CC(C)c1ccccc1OCC(=O)NN=Cc1cc(Cl)cc(Cl)c1O. The van der Waals surface area contributed by atoms with Gasteiger partial charge in [-0.1, -0.05) is 55.2 Å². The van der Waals surface area contributed by atoms with Crippen LogP contribution in [0.15, 0.2) is 41.5 Å². The van der Waals surface area contributed by atoms with E-state index in [4.69, 9.17) is 27.9 Å². The molecule has 0 radical (unpaired) electrons. The van der Waals surface area contributed by atoms with Gasteiger partial charge in [0.05, 0.1) is 11.2 Å². The molecule has 132 valence electrons. The van der Waals surface area contributed by atoms with Crippen molar-refractivity contribution in [3.8, 4) is 11.5 Å². The summed E-state index contributed by atoms with van der Waals surface area (Å²) in [5, 5.41) is 14.0. The summed E-state index contributed by atoms with van der Waals surface area (Å²) in [6, 6.07) is 10.4. The number of hydrogen-bond acceptors (Lipinski definition) is 4. The molecule has 0 saturated carbocycles. The van der Waals surface area contributed by atoms with E-state index in [2.05, 4.69) is 24.4 Å². The lowest BCUT2D eigenvalue weighted by Gasteiger charge is -2.13. The molecule has 0 atom stereocenters. The molecular formula is C18H18Cl2N2O3. The topological polar surface area (TPSA) is 70.9 Å². The maximum absolute atomic E-state index is 11.8. The molecule has 0 aliphatic rings. The molecule has 25 heavy (non-hydrogen) atoms. The van der Waals surface area contributed by atoms with Gasteiger partial charge in [-0.15, -0.1) is 0 Å². The number of hydrazone groups is 1. The smallest absolute Gasteiger partial charge is 0.277 e. The summed E-state index contributed by atoms with van der Waals surface area (Å²) in [4.78, 5) is 11.8. The van der Waals surface area contributed by atoms with E-state index < -0.39 is 5.91 Å². The van der Waals surface area contributed by atoms with E-state index in [1.165, 1.54) is 18.3 Å². The van der Waals surface area contributed by atoms with E-state index in [1.54, 1.807) is 0 Å². The van der Waals surface area contributed by atoms with Gasteiger partial charge < -0.3 is 9.84 Å². The summed E-state index contributed by atoms with van der Waals surface area (Å²) in [5.74, 6) is 0.359. The highest BCUT2D eigenvalue weighted by atomic mass is 35.5. The molecule has 0 aliphatic heterocycles. The Morgan fingerprint density at radius 2 is 2.04 bits per heavy atom. The number of aromatic hydroxyl groups is 1. The van der Waals surface area contributed by atoms with Gasteiger partial charge in [-0.25, -0.2) is 5.43 Å². The molecule has 0 saturated heterocycles. The first-order valence-electron chi connectivity index (χ1n) is 7.60. The van der Waals surface area contributed by atoms with Crippen molar-refractivity contribution >= 4 is 35.3 Å². The Bertz CT molecular complexity index is 792. The van der Waals surface area contributed by atoms with Crippen molar-refractivity contribution in [3.05, 3.63) is 57.6 Å². The Kier molecular flexibility index (Phi) is 6.67. The minimum atomic E-state index is -0.428. The predicted octanol–water partition coefficient (Wildman–Crippen LogP) is 4.35. The summed E-state index contributed by atoms with van der Waals surface area (Å²) in [6.45, 7) is 3.92. The monoisotopic (exact) mass is 380 g/mol. The first-order valence-corrected chi connectivity index (χ1v) is 8.35. The third kappa shape index (κ3) is 5.37. The first kappa shape index (κ1) is 19.1. The Morgan fingerprint density at radius 3 is 2.76 bits per heavy atom. The predicted molar refractivity (Wildman–Crippen MR) is 99.9 cm³/mol. The maximum Gasteiger partial charge on any atom is 0.277 e. The molecule has 2 aromatic rings. The molecule has 0 spiro atoms. The number of carbonyl (C=O) groups is 1. The van der Waals surface area contributed by atoms with Crippen LogP contribution in [0.4, 0.5) is 0 Å². The summed E-state index contributed by atoms with van der Waals surface area (Å²) in [7, 11) is 0. The number of phenolic OH excluding ortho intramolecular Hbond substituents is 1. The van der Waals surface area contributed by atoms with Crippen LogP contribution < -0.4 is 10.2 Å². The Balaban J connectivity index is 1.94. The zero-order valence-corrected chi connectivity index (χ0v) is 15.3. The molecule has 0 aromatic heterocycles. The van der Waals surface area contributed by atoms with Crippen molar-refractivity contribution < 1.29 is 14.6 Å². The fraction of sp³-hybridized carbons (Fsp3) is 0.222. The maximum atomic E-state index is 11.8. The van der Waals surface area contributed by atoms with E-state index in [9.17, 15) is 9.90 Å². The molecular weight excluding hydrogens is 363 g/mol. The van der Waals surface area contributed by atoms with Gasteiger partial charge in [0.15, 0.2) is 6.61 Å². The molecule has 2 aromatic carbocycles. The van der Waals surface area contributed by atoms with Crippen molar-refractivity contribution in [1.29, 1.82) is 0 Å². The standard InChI is InChI=1S/C18H18Cl2N2O3/c1-11(2)14-5-3-4-6-16(14)25-10-17(23)22-21-9-12-7-13(19)8-15(20)18(12)24/h3-9,11,24H,10H2,1-2H3,(H,22,23). The van der Waals surface area contributed by atoms with Gasteiger partial charge in [0.25, 0.3) is 5.91 Å². The number of para-hydroxylation sites is 1. The minimum absolute atomic E-state index is 0.105. The summed E-state index contributed by atoms with van der Waals surface area (Å²) in [5.41, 5.74) is 3.64. The Hall–Kier alpha value is -2.24. The number of rotatable bonds is 6. The van der Waals surface area contributed by atoms with Crippen LogP contribution in [0.5, 0.6) is 11.5 Å². The van der Waals surface area contributed by atoms with E-state index in [1.807, 2.05) is 24.3 Å². The van der Waals surface area contributed by atoms with Crippen molar-refractivity contribution in [3.63, 3.8) is 0 Å². The molecule has 1 amide bonds. The zero-order chi connectivity index (χ0) is 18.4. The number of hydrogen-bond donors (Lipinski definition) is 2.